The van der Waals surface area contributed by atoms with Crippen LogP contribution in [0.2, 0.25) is 0 Å². The fourth-order valence-electron chi connectivity index (χ4n) is 3.35. The lowest BCUT2D eigenvalue weighted by atomic mass is 10.1. The first-order valence-corrected chi connectivity index (χ1v) is 10.4. The van der Waals surface area contributed by atoms with E-state index in [1.807, 2.05) is 43.3 Å². The largest absolute Gasteiger partial charge is 0.497 e. The van der Waals surface area contributed by atoms with E-state index in [-0.39, 0.29) is 18.4 Å². The minimum atomic E-state index is -0.188. The average Bonchev–Trinajstić information content (AvgIpc) is 3.31. The summed E-state index contributed by atoms with van der Waals surface area (Å²) in [6.45, 7) is 3.25. The highest BCUT2D eigenvalue weighted by molar-refractivity contribution is 5.96. The van der Waals surface area contributed by atoms with Gasteiger partial charge in [-0.15, -0.1) is 0 Å². The highest BCUT2D eigenvalue weighted by Crippen LogP contribution is 2.16. The van der Waals surface area contributed by atoms with Crippen LogP contribution in [0.25, 0.3) is 0 Å². The topological polar surface area (TPSA) is 63.0 Å². The molecule has 0 unspecified atom stereocenters. The van der Waals surface area contributed by atoms with Crippen molar-refractivity contribution in [2.75, 3.05) is 20.2 Å². The van der Waals surface area contributed by atoms with Gasteiger partial charge >= 0.3 is 0 Å². The van der Waals surface area contributed by atoms with Crippen molar-refractivity contribution in [3.63, 3.8) is 0 Å². The van der Waals surface area contributed by atoms with Gasteiger partial charge in [-0.25, -0.2) is 0 Å². The van der Waals surface area contributed by atoms with Crippen LogP contribution in [0.4, 0.5) is 0 Å². The van der Waals surface area contributed by atoms with Gasteiger partial charge in [0.05, 0.1) is 19.9 Å². The van der Waals surface area contributed by atoms with Gasteiger partial charge in [-0.1, -0.05) is 43.3 Å². The van der Waals surface area contributed by atoms with Gasteiger partial charge in [0, 0.05) is 18.7 Å². The molecule has 0 saturated carbocycles. The Bertz CT molecular complexity index is 970. The highest BCUT2D eigenvalue weighted by atomic mass is 16.5. The quantitative estimate of drug-likeness (QED) is 0.489. The van der Waals surface area contributed by atoms with Gasteiger partial charge in [-0.3, -0.25) is 9.59 Å². The molecule has 0 atom stereocenters. The third-order valence-electron chi connectivity index (χ3n) is 4.92. The molecule has 0 saturated heterocycles. The zero-order valence-corrected chi connectivity index (χ0v) is 18.0. The summed E-state index contributed by atoms with van der Waals surface area (Å²) in [6, 6.07) is 20.4. The van der Waals surface area contributed by atoms with Gasteiger partial charge < -0.3 is 19.0 Å². The van der Waals surface area contributed by atoms with E-state index in [0.29, 0.717) is 36.7 Å². The number of nitrogens with zero attached hydrogens (tertiary/aromatic N) is 2. The molecule has 2 amide bonds. The second-order valence-electron chi connectivity index (χ2n) is 7.27. The average molecular weight is 421 g/mol. The third kappa shape index (κ3) is 6.22. The predicted octanol–water partition coefficient (Wildman–Crippen LogP) is 4.37. The van der Waals surface area contributed by atoms with Gasteiger partial charge in [0.15, 0.2) is 0 Å². The fourth-order valence-corrected chi connectivity index (χ4v) is 3.35. The van der Waals surface area contributed by atoms with Gasteiger partial charge in [-0.05, 0) is 42.3 Å². The van der Waals surface area contributed by atoms with Crippen LogP contribution in [0.5, 0.6) is 5.75 Å². The molecule has 3 rings (SSSR count). The molecule has 6 nitrogen and oxygen atoms in total. The number of benzene rings is 2. The van der Waals surface area contributed by atoms with Crippen molar-refractivity contribution in [3.8, 4) is 5.75 Å². The summed E-state index contributed by atoms with van der Waals surface area (Å²) in [7, 11) is 1.56. The van der Waals surface area contributed by atoms with Crippen molar-refractivity contribution in [3.05, 3.63) is 89.9 Å². The maximum atomic E-state index is 13.3. The minimum Gasteiger partial charge on any atom is -0.497 e. The molecule has 162 valence electrons. The van der Waals surface area contributed by atoms with E-state index in [4.69, 9.17) is 9.15 Å². The Morgan fingerprint density at radius 2 is 1.74 bits per heavy atom. The van der Waals surface area contributed by atoms with Crippen LogP contribution >= 0.6 is 0 Å². The van der Waals surface area contributed by atoms with Gasteiger partial charge in [-0.2, -0.15) is 0 Å². The Kier molecular flexibility index (Phi) is 7.87. The summed E-state index contributed by atoms with van der Waals surface area (Å²) in [5.74, 6) is 0.985. The minimum absolute atomic E-state index is 0.00255. The van der Waals surface area contributed by atoms with Gasteiger partial charge in [0.1, 0.15) is 18.1 Å². The van der Waals surface area contributed by atoms with E-state index < -0.39 is 0 Å². The number of amides is 2. The molecule has 0 radical (unpaired) electrons. The number of carbonyl (C=O) groups is 2. The smallest absolute Gasteiger partial charge is 0.254 e. The first-order chi connectivity index (χ1) is 15.1. The number of rotatable bonds is 10. The van der Waals surface area contributed by atoms with E-state index in [1.54, 1.807) is 53.5 Å². The molecule has 0 fully saturated rings. The molecule has 0 bridgehead atoms. The fraction of sp³-hybridized carbons (Fsp3) is 0.280. The van der Waals surface area contributed by atoms with E-state index in [0.717, 1.165) is 12.0 Å². The van der Waals surface area contributed by atoms with Crippen molar-refractivity contribution in [1.82, 2.24) is 9.80 Å². The van der Waals surface area contributed by atoms with Crippen LogP contribution < -0.4 is 4.74 Å². The van der Waals surface area contributed by atoms with Crippen LogP contribution in [0.15, 0.2) is 77.4 Å². The van der Waals surface area contributed by atoms with E-state index in [1.165, 1.54) is 0 Å². The molecule has 0 aliphatic carbocycles. The Morgan fingerprint density at radius 3 is 2.42 bits per heavy atom. The Hall–Kier alpha value is -3.54. The normalized spacial score (nSPS) is 10.5. The Morgan fingerprint density at radius 1 is 0.935 bits per heavy atom. The monoisotopic (exact) mass is 420 g/mol. The number of ether oxygens (including phenoxy) is 1. The SMILES string of the molecule is CCCN(CC(=O)N(Cc1ccccc1)Cc1ccco1)C(=O)c1cccc(OC)c1. The van der Waals surface area contributed by atoms with Crippen LogP contribution in [-0.2, 0) is 17.9 Å². The molecule has 0 N–H and O–H groups in total. The van der Waals surface area contributed by atoms with Crippen LogP contribution in [0.3, 0.4) is 0 Å². The standard InChI is InChI=1S/C25H28N2O4/c1-3-14-26(25(29)21-11-7-12-22(16-21)30-2)19-24(28)27(18-23-13-8-15-31-23)17-20-9-5-4-6-10-20/h4-13,15-16H,3,14,17-19H2,1-2H3. The molecule has 3 aromatic rings. The lowest BCUT2D eigenvalue weighted by Gasteiger charge is -2.27. The number of carbonyl (C=O) groups excluding carboxylic acids is 2. The zero-order chi connectivity index (χ0) is 22.1. The van der Waals surface area contributed by atoms with Crippen molar-refractivity contribution in [2.45, 2.75) is 26.4 Å². The van der Waals surface area contributed by atoms with Crippen molar-refractivity contribution >= 4 is 11.8 Å². The van der Waals surface area contributed by atoms with Crippen molar-refractivity contribution in [2.24, 2.45) is 0 Å². The highest BCUT2D eigenvalue weighted by Gasteiger charge is 2.23. The summed E-state index contributed by atoms with van der Waals surface area (Å²) < 4.78 is 10.7. The summed E-state index contributed by atoms with van der Waals surface area (Å²) >= 11 is 0. The number of furan rings is 1. The molecule has 0 aliphatic heterocycles. The molecule has 6 heteroatoms. The molecule has 1 aromatic heterocycles. The van der Waals surface area contributed by atoms with Gasteiger partial charge in [0.25, 0.3) is 5.91 Å². The summed E-state index contributed by atoms with van der Waals surface area (Å²) in [5, 5.41) is 0. The van der Waals surface area contributed by atoms with Crippen LogP contribution in [0.1, 0.15) is 35.0 Å². The lowest BCUT2D eigenvalue weighted by Crippen LogP contribution is -2.42. The first kappa shape index (κ1) is 22.2. The summed E-state index contributed by atoms with van der Waals surface area (Å²) in [6.07, 6.45) is 2.34. The van der Waals surface area contributed by atoms with E-state index in [2.05, 4.69) is 0 Å². The molecule has 1 heterocycles. The summed E-state index contributed by atoms with van der Waals surface area (Å²) in [4.78, 5) is 29.7. The Balaban J connectivity index is 1.78. The predicted molar refractivity (Wildman–Crippen MR) is 119 cm³/mol. The zero-order valence-electron chi connectivity index (χ0n) is 18.0. The molecule has 0 spiro atoms. The van der Waals surface area contributed by atoms with Crippen molar-refractivity contribution < 1.29 is 18.7 Å². The molecular weight excluding hydrogens is 392 g/mol. The van der Waals surface area contributed by atoms with Gasteiger partial charge in [0.2, 0.25) is 5.91 Å². The Labute approximate surface area is 183 Å². The third-order valence-corrected chi connectivity index (χ3v) is 4.92. The second kappa shape index (κ2) is 11.0. The maximum absolute atomic E-state index is 13.3. The lowest BCUT2D eigenvalue weighted by molar-refractivity contribution is -0.133. The summed E-state index contributed by atoms with van der Waals surface area (Å²) in [5.41, 5.74) is 1.52. The number of methoxy groups -OCH3 is 1. The first-order valence-electron chi connectivity index (χ1n) is 10.4. The van der Waals surface area contributed by atoms with Crippen LogP contribution in [-0.4, -0.2) is 41.8 Å². The maximum Gasteiger partial charge on any atom is 0.254 e. The molecular formula is C25H28N2O4. The molecule has 31 heavy (non-hydrogen) atoms. The molecule has 2 aromatic carbocycles. The van der Waals surface area contributed by atoms with E-state index in [9.17, 15) is 9.59 Å². The second-order valence-corrected chi connectivity index (χ2v) is 7.27. The van der Waals surface area contributed by atoms with Crippen molar-refractivity contribution in [1.29, 1.82) is 0 Å². The number of hydrogen-bond acceptors (Lipinski definition) is 4. The molecule has 0 aliphatic rings. The van der Waals surface area contributed by atoms with E-state index >= 15 is 0 Å². The van der Waals surface area contributed by atoms with Crippen LogP contribution in [0, 0.1) is 0 Å². The number of hydrogen-bond donors (Lipinski definition) is 0.